The van der Waals surface area contributed by atoms with Crippen LogP contribution in [-0.4, -0.2) is 75.0 Å². The maximum atomic E-state index is 12.0. The van der Waals surface area contributed by atoms with Crippen LogP contribution in [-0.2, 0) is 9.53 Å². The molecule has 0 radical (unpaired) electrons. The normalized spacial score (nSPS) is 12.2. The molecule has 13 heteroatoms. The summed E-state index contributed by atoms with van der Waals surface area (Å²) in [6.07, 6.45) is 0.736. The van der Waals surface area contributed by atoms with Crippen molar-refractivity contribution in [2.75, 3.05) is 47.4 Å². The molecule has 0 aromatic heterocycles. The Morgan fingerprint density at radius 2 is 1.44 bits per heavy atom. The molecule has 50 heavy (non-hydrogen) atoms. The first kappa shape index (κ1) is 36.6. The van der Waals surface area contributed by atoms with E-state index in [1.54, 1.807) is 37.5 Å². The molecule has 0 spiro atoms. The Labute approximate surface area is 289 Å². The highest BCUT2D eigenvalue weighted by molar-refractivity contribution is 5.91. The van der Waals surface area contributed by atoms with E-state index in [4.69, 9.17) is 45.5 Å². The zero-order valence-electron chi connectivity index (χ0n) is 28.0. The highest BCUT2D eigenvalue weighted by Crippen LogP contribution is 2.44. The molecule has 0 aliphatic heterocycles. The van der Waals surface area contributed by atoms with Gasteiger partial charge in [-0.15, -0.1) is 0 Å². The van der Waals surface area contributed by atoms with Gasteiger partial charge in [-0.1, -0.05) is 54.6 Å². The minimum Gasteiger partial charge on any atom is -0.495 e. The second-order valence-electron chi connectivity index (χ2n) is 10.8. The topological polar surface area (TPSA) is 200 Å². The number of nitrogen functional groups attached to an aromatic ring is 1. The predicted octanol–water partition coefficient (Wildman–Crippen LogP) is 4.92. The van der Waals surface area contributed by atoms with E-state index < -0.39 is 24.7 Å². The number of methoxy groups -OCH3 is 4. The molecule has 6 N–H and O–H groups in total. The summed E-state index contributed by atoms with van der Waals surface area (Å²) >= 11 is 0. The number of nitrogens with two attached hydrogens (primary N) is 2. The fourth-order valence-electron chi connectivity index (χ4n) is 5.51. The monoisotopic (exact) mass is 682 g/mol. The molecule has 1 aliphatic carbocycles. The number of aliphatic carboxylic acids is 1. The molecule has 0 heterocycles. The van der Waals surface area contributed by atoms with E-state index in [9.17, 15) is 14.9 Å². The number of aliphatic hydroxyl groups is 1. The number of fused-ring (bicyclic) bond motifs is 3. The number of nitrogens with zero attached hydrogens (tertiary/aromatic N) is 2. The van der Waals surface area contributed by atoms with E-state index in [1.807, 2.05) is 54.6 Å². The summed E-state index contributed by atoms with van der Waals surface area (Å²) in [7, 11) is 6.14. The smallest absolute Gasteiger partial charge is 0.424 e. The molecule has 4 aromatic rings. The van der Waals surface area contributed by atoms with Gasteiger partial charge in [-0.3, -0.25) is 0 Å². The van der Waals surface area contributed by atoms with Crippen molar-refractivity contribution in [2.45, 2.75) is 12.0 Å². The van der Waals surface area contributed by atoms with Crippen LogP contribution >= 0.6 is 0 Å². The van der Waals surface area contributed by atoms with Crippen LogP contribution in [0, 0.1) is 11.3 Å². The number of carboxylic acid groups (broad SMARTS) is 1. The molecule has 4 aromatic carbocycles. The summed E-state index contributed by atoms with van der Waals surface area (Å²) in [6.45, 7) is -0.769. The first-order chi connectivity index (χ1) is 24.1. The number of nitriles is 1. The number of ether oxygens (including phenoxy) is 5. The Kier molecular flexibility index (Phi) is 12.3. The van der Waals surface area contributed by atoms with Crippen LogP contribution in [0.15, 0.2) is 78.9 Å². The summed E-state index contributed by atoms with van der Waals surface area (Å²) in [5.41, 5.74) is 12.5. The molecule has 0 saturated heterocycles. The second-order valence-corrected chi connectivity index (χ2v) is 10.8. The minimum absolute atomic E-state index is 0.0261. The van der Waals surface area contributed by atoms with E-state index in [-0.39, 0.29) is 12.5 Å². The van der Waals surface area contributed by atoms with Crippen LogP contribution in [0.4, 0.5) is 10.5 Å². The van der Waals surface area contributed by atoms with Crippen molar-refractivity contribution in [1.82, 2.24) is 5.01 Å². The quantitative estimate of drug-likeness (QED) is 0.0416. The number of carboxylic acids is 1. The molecule has 0 saturated carbocycles. The highest BCUT2D eigenvalue weighted by Gasteiger charge is 2.32. The Morgan fingerprint density at radius 1 is 0.880 bits per heavy atom. The minimum atomic E-state index is -1.55. The lowest BCUT2D eigenvalue weighted by molar-refractivity contribution is -0.144. The third-order valence-electron chi connectivity index (χ3n) is 8.00. The summed E-state index contributed by atoms with van der Waals surface area (Å²) < 4.78 is 26.3. The summed E-state index contributed by atoms with van der Waals surface area (Å²) in [5.74, 6) is 5.93. The number of carbonyl (C=O) groups excluding carboxylic acids is 1. The number of aliphatic hydroxyl groups excluding tert-OH is 1. The fourth-order valence-corrected chi connectivity index (χ4v) is 5.51. The Bertz CT molecular complexity index is 1850. The van der Waals surface area contributed by atoms with Crippen LogP contribution in [0.5, 0.6) is 23.0 Å². The third kappa shape index (κ3) is 7.90. The lowest BCUT2D eigenvalue weighted by atomic mass is 9.98. The van der Waals surface area contributed by atoms with E-state index in [2.05, 4.69) is 6.07 Å². The molecule has 0 bridgehead atoms. The van der Waals surface area contributed by atoms with Gasteiger partial charge in [0.05, 0.1) is 52.4 Å². The zero-order valence-corrected chi connectivity index (χ0v) is 28.0. The van der Waals surface area contributed by atoms with Gasteiger partial charge in [0.25, 0.3) is 0 Å². The molecule has 0 fully saturated rings. The summed E-state index contributed by atoms with van der Waals surface area (Å²) in [6, 6.07) is 25.1. The lowest BCUT2D eigenvalue weighted by Gasteiger charge is -2.23. The van der Waals surface area contributed by atoms with Gasteiger partial charge in [-0.25, -0.2) is 20.4 Å². The number of rotatable bonds is 11. The maximum Gasteiger partial charge on any atom is 0.424 e. The summed E-state index contributed by atoms with van der Waals surface area (Å²) in [4.78, 5) is 23.0. The van der Waals surface area contributed by atoms with Gasteiger partial charge in [0, 0.05) is 5.92 Å². The van der Waals surface area contributed by atoms with Crippen LogP contribution in [0.2, 0.25) is 0 Å². The summed E-state index contributed by atoms with van der Waals surface area (Å²) in [5, 5.41) is 28.0. The van der Waals surface area contributed by atoms with E-state index in [0.29, 0.717) is 44.8 Å². The molecule has 1 atom stereocenters. The molecule has 1 amide bonds. The van der Waals surface area contributed by atoms with Gasteiger partial charge in [-0.2, -0.15) is 5.26 Å². The van der Waals surface area contributed by atoms with E-state index >= 15 is 0 Å². The average Bonchev–Trinajstić information content (AvgIpc) is 3.45. The molecular weight excluding hydrogens is 644 g/mol. The van der Waals surface area contributed by atoms with Gasteiger partial charge >= 0.3 is 12.1 Å². The van der Waals surface area contributed by atoms with Gasteiger partial charge in [0.15, 0.2) is 17.5 Å². The van der Waals surface area contributed by atoms with Gasteiger partial charge in [0.2, 0.25) is 5.75 Å². The zero-order chi connectivity index (χ0) is 36.4. The lowest BCUT2D eigenvalue weighted by Crippen LogP contribution is -2.51. The van der Waals surface area contributed by atoms with Crippen molar-refractivity contribution in [2.24, 2.45) is 5.84 Å². The van der Waals surface area contributed by atoms with E-state index in [0.717, 1.165) is 27.8 Å². The maximum absolute atomic E-state index is 12.0. The first-order valence-corrected chi connectivity index (χ1v) is 15.2. The standard InChI is InChI=1S/C19H20N2O4.C18H18N2O5/c1-22-16-6-5-12(8-15(16)21)7-14(11-20)13-9-17(23-2)19(25-4)18(10-13)24-3;19-20(16(9-21)17(22)23)18(24)25-10-15-13-7-3-1-5-11(13)12-6-2-4-8-14(12)15/h5-10H,21H2,1-4H3;1-8,15-16,21H,9-10,19H2,(H,22,23)/b14-7-;/t;16-/m.0/s1. The van der Waals surface area contributed by atoms with Crippen LogP contribution in [0.1, 0.15) is 28.2 Å². The van der Waals surface area contributed by atoms with Crippen molar-refractivity contribution in [3.8, 4) is 40.2 Å². The van der Waals surface area contributed by atoms with Crippen molar-refractivity contribution < 1.29 is 43.5 Å². The fraction of sp³-hybridized carbons (Fsp3) is 0.216. The molecule has 0 unspecified atom stereocenters. The second kappa shape index (κ2) is 16.7. The number of hydrogen-bond acceptors (Lipinski definition) is 11. The van der Waals surface area contributed by atoms with Crippen LogP contribution in [0.3, 0.4) is 0 Å². The number of amides is 1. The molecule has 1 aliphatic rings. The molecule has 13 nitrogen and oxygen atoms in total. The van der Waals surface area contributed by atoms with Gasteiger partial charge < -0.3 is 39.6 Å². The largest absolute Gasteiger partial charge is 0.495 e. The SMILES string of the molecule is COc1ccc(/C=C(/C#N)c2cc(OC)c(OC)c(OC)c2)cc1N.NN(C(=O)OCC1c2ccccc2-c2ccccc21)[C@@H](CO)C(=O)O. The Morgan fingerprint density at radius 3 is 1.90 bits per heavy atom. The van der Waals surface area contributed by atoms with Gasteiger partial charge in [0.1, 0.15) is 12.4 Å². The molecular formula is C37H38N4O9. The third-order valence-corrected chi connectivity index (χ3v) is 8.00. The van der Waals surface area contributed by atoms with Gasteiger partial charge in [-0.05, 0) is 63.7 Å². The number of hydrazine groups is 1. The number of carbonyl (C=O) groups is 2. The Balaban J connectivity index is 0.000000225. The van der Waals surface area contributed by atoms with Crippen molar-refractivity contribution in [3.05, 3.63) is 101 Å². The molecule has 5 rings (SSSR count). The first-order valence-electron chi connectivity index (χ1n) is 15.2. The van der Waals surface area contributed by atoms with Crippen molar-refractivity contribution >= 4 is 29.4 Å². The number of allylic oxidation sites excluding steroid dienone is 1. The van der Waals surface area contributed by atoms with E-state index in [1.165, 1.54) is 21.3 Å². The van der Waals surface area contributed by atoms with Crippen molar-refractivity contribution in [1.29, 1.82) is 5.26 Å². The molecule has 260 valence electrons. The number of hydrogen-bond donors (Lipinski definition) is 4. The Hall–Kier alpha value is -6.23. The van der Waals surface area contributed by atoms with Crippen LogP contribution < -0.4 is 30.5 Å². The van der Waals surface area contributed by atoms with Crippen molar-refractivity contribution in [3.63, 3.8) is 0 Å². The highest BCUT2D eigenvalue weighted by atomic mass is 16.6. The predicted molar refractivity (Wildman–Crippen MR) is 187 cm³/mol. The average molecular weight is 683 g/mol. The number of benzene rings is 4. The van der Waals surface area contributed by atoms with Crippen LogP contribution in [0.25, 0.3) is 22.8 Å². The number of anilines is 1.